The molecule has 0 amide bonds. The zero-order valence-corrected chi connectivity index (χ0v) is 12.5. The molecule has 3 aromatic rings. The first-order valence-corrected chi connectivity index (χ1v) is 7.06. The first kappa shape index (κ1) is 16.2. The first-order valence-electron chi connectivity index (χ1n) is 6.52. The van der Waals surface area contributed by atoms with Gasteiger partial charge < -0.3 is 5.21 Å². The predicted octanol–water partition coefficient (Wildman–Crippen LogP) is 2.85. The Bertz CT molecular complexity index is 988. The highest BCUT2D eigenvalue weighted by atomic mass is 35.5. The molecular formula is C14H8ClF3N4O2. The smallest absolute Gasteiger partial charge is 0.418 e. The molecule has 0 radical (unpaired) electrons. The Hall–Kier alpha value is -2.68. The van der Waals surface area contributed by atoms with Gasteiger partial charge >= 0.3 is 11.7 Å². The summed E-state index contributed by atoms with van der Waals surface area (Å²) < 4.78 is 39.6. The number of halogens is 4. The van der Waals surface area contributed by atoms with Crippen LogP contribution in [0.15, 0.2) is 35.4 Å². The van der Waals surface area contributed by atoms with Crippen LogP contribution in [0.2, 0.25) is 0 Å². The van der Waals surface area contributed by atoms with Crippen molar-refractivity contribution in [3.05, 3.63) is 52.3 Å². The molecule has 0 aliphatic carbocycles. The number of fused-ring (bicyclic) bond motifs is 1. The third-order valence-corrected chi connectivity index (χ3v) is 3.50. The second-order valence-electron chi connectivity index (χ2n) is 4.77. The van der Waals surface area contributed by atoms with E-state index in [1.807, 2.05) is 0 Å². The Morgan fingerprint density at radius 1 is 1.29 bits per heavy atom. The maximum absolute atomic E-state index is 13.1. The van der Waals surface area contributed by atoms with Crippen molar-refractivity contribution in [2.75, 3.05) is 0 Å². The number of hydrogen-bond acceptors (Lipinski definition) is 5. The lowest BCUT2D eigenvalue weighted by Gasteiger charge is -2.12. The summed E-state index contributed by atoms with van der Waals surface area (Å²) in [7, 11) is 0. The molecule has 0 saturated heterocycles. The second-order valence-corrected chi connectivity index (χ2v) is 5.03. The Balaban J connectivity index is 2.27. The number of rotatable bonds is 2. The predicted molar refractivity (Wildman–Crippen MR) is 78.8 cm³/mol. The molecule has 6 nitrogen and oxygen atoms in total. The molecule has 0 aliphatic heterocycles. The first-order chi connectivity index (χ1) is 11.3. The molecule has 3 heterocycles. The standard InChI is InChI=1S/C14H8ClF3N4O2/c15-5-10-21-9-4-7(6-20-12(9)13(23)22(10)24)11-8(14(16,17)18)2-1-3-19-11/h1-4,6,24H,5H2. The van der Waals surface area contributed by atoms with Gasteiger partial charge in [-0.2, -0.15) is 13.2 Å². The van der Waals surface area contributed by atoms with Crippen LogP contribution in [-0.2, 0) is 12.1 Å². The topological polar surface area (TPSA) is 80.9 Å². The van der Waals surface area contributed by atoms with Gasteiger partial charge in [0.15, 0.2) is 11.3 Å². The fourth-order valence-electron chi connectivity index (χ4n) is 2.19. The van der Waals surface area contributed by atoms with Crippen LogP contribution in [0, 0.1) is 0 Å². The molecule has 0 bridgehead atoms. The van der Waals surface area contributed by atoms with Crippen molar-refractivity contribution in [1.82, 2.24) is 19.7 Å². The van der Waals surface area contributed by atoms with Gasteiger partial charge in [-0.15, -0.1) is 16.3 Å². The lowest BCUT2D eigenvalue weighted by molar-refractivity contribution is -0.137. The van der Waals surface area contributed by atoms with Gasteiger partial charge in [-0.3, -0.25) is 9.78 Å². The van der Waals surface area contributed by atoms with Crippen molar-refractivity contribution in [1.29, 1.82) is 0 Å². The molecule has 0 unspecified atom stereocenters. The third-order valence-electron chi connectivity index (χ3n) is 3.26. The van der Waals surface area contributed by atoms with Gasteiger partial charge in [-0.1, -0.05) is 0 Å². The van der Waals surface area contributed by atoms with Crippen molar-refractivity contribution >= 4 is 22.6 Å². The summed E-state index contributed by atoms with van der Waals surface area (Å²) in [4.78, 5) is 23.4. The minimum atomic E-state index is -4.60. The molecule has 124 valence electrons. The maximum atomic E-state index is 13.1. The molecule has 0 fully saturated rings. The van der Waals surface area contributed by atoms with Crippen molar-refractivity contribution < 1.29 is 18.4 Å². The maximum Gasteiger partial charge on any atom is 0.418 e. The quantitative estimate of drug-likeness (QED) is 0.564. The van der Waals surface area contributed by atoms with Gasteiger partial charge in [0.25, 0.3) is 0 Å². The minimum Gasteiger partial charge on any atom is -0.424 e. The zero-order valence-electron chi connectivity index (χ0n) is 11.8. The lowest BCUT2D eigenvalue weighted by atomic mass is 10.1. The van der Waals surface area contributed by atoms with E-state index in [2.05, 4.69) is 15.0 Å². The molecule has 3 rings (SSSR count). The number of aromatic nitrogens is 4. The second kappa shape index (κ2) is 5.75. The highest BCUT2D eigenvalue weighted by Crippen LogP contribution is 2.35. The van der Waals surface area contributed by atoms with Gasteiger partial charge in [-0.05, 0) is 18.2 Å². The van der Waals surface area contributed by atoms with Crippen LogP contribution in [0.5, 0.6) is 0 Å². The van der Waals surface area contributed by atoms with Crippen LogP contribution in [-0.4, -0.2) is 24.9 Å². The third kappa shape index (κ3) is 2.67. The van der Waals surface area contributed by atoms with E-state index in [1.165, 1.54) is 18.3 Å². The van der Waals surface area contributed by atoms with Crippen LogP contribution >= 0.6 is 11.6 Å². The zero-order chi connectivity index (χ0) is 17.5. The minimum absolute atomic E-state index is 0.0113. The van der Waals surface area contributed by atoms with E-state index < -0.39 is 17.3 Å². The molecule has 24 heavy (non-hydrogen) atoms. The average Bonchev–Trinajstić information content (AvgIpc) is 2.57. The number of alkyl halides is 4. The monoisotopic (exact) mass is 356 g/mol. The van der Waals surface area contributed by atoms with E-state index in [9.17, 15) is 23.2 Å². The van der Waals surface area contributed by atoms with Crippen LogP contribution in [0.25, 0.3) is 22.3 Å². The van der Waals surface area contributed by atoms with Crippen LogP contribution in [0.1, 0.15) is 11.4 Å². The van der Waals surface area contributed by atoms with Crippen LogP contribution in [0.4, 0.5) is 13.2 Å². The Labute approximate surface area is 137 Å². The molecule has 0 saturated carbocycles. The van der Waals surface area contributed by atoms with Gasteiger partial charge in [0, 0.05) is 18.0 Å². The fraction of sp³-hybridized carbons (Fsp3) is 0.143. The molecule has 0 aromatic carbocycles. The van der Waals surface area contributed by atoms with Crippen molar-refractivity contribution in [3.8, 4) is 11.3 Å². The lowest BCUT2D eigenvalue weighted by Crippen LogP contribution is -2.23. The highest BCUT2D eigenvalue weighted by molar-refractivity contribution is 6.16. The molecule has 1 N–H and O–H groups in total. The molecular weight excluding hydrogens is 349 g/mol. The van der Waals surface area contributed by atoms with E-state index in [-0.39, 0.29) is 38.7 Å². The summed E-state index contributed by atoms with van der Waals surface area (Å²) in [5.74, 6) is -0.409. The van der Waals surface area contributed by atoms with Crippen LogP contribution < -0.4 is 5.56 Å². The molecule has 3 aromatic heterocycles. The van der Waals surface area contributed by atoms with Gasteiger partial charge in [0.05, 0.1) is 22.7 Å². The summed E-state index contributed by atoms with van der Waals surface area (Å²) in [6.07, 6.45) is -2.30. The summed E-state index contributed by atoms with van der Waals surface area (Å²) in [6, 6.07) is 3.32. The molecule has 0 spiro atoms. The number of pyridine rings is 2. The SMILES string of the molecule is O=c1c2ncc(-c3ncccc3C(F)(F)F)cc2nc(CCl)n1O. The largest absolute Gasteiger partial charge is 0.424 e. The summed E-state index contributed by atoms with van der Waals surface area (Å²) in [5.41, 5.74) is -2.27. The summed E-state index contributed by atoms with van der Waals surface area (Å²) in [6.45, 7) is 0. The van der Waals surface area contributed by atoms with Crippen molar-refractivity contribution in [2.24, 2.45) is 0 Å². The van der Waals surface area contributed by atoms with E-state index in [1.54, 1.807) is 0 Å². The number of hydrogen-bond donors (Lipinski definition) is 1. The van der Waals surface area contributed by atoms with Crippen molar-refractivity contribution in [2.45, 2.75) is 12.1 Å². The van der Waals surface area contributed by atoms with E-state index in [0.29, 0.717) is 0 Å². The summed E-state index contributed by atoms with van der Waals surface area (Å²) in [5, 5.41) is 9.59. The van der Waals surface area contributed by atoms with Gasteiger partial charge in [0.1, 0.15) is 0 Å². The summed E-state index contributed by atoms with van der Waals surface area (Å²) >= 11 is 5.58. The Kier molecular flexibility index (Phi) is 3.88. The molecule has 0 aliphatic rings. The number of nitrogens with zero attached hydrogens (tertiary/aromatic N) is 4. The average molecular weight is 357 g/mol. The normalized spacial score (nSPS) is 11.8. The molecule has 0 atom stereocenters. The fourth-order valence-corrected chi connectivity index (χ4v) is 2.36. The van der Waals surface area contributed by atoms with E-state index in [4.69, 9.17) is 11.6 Å². The van der Waals surface area contributed by atoms with Gasteiger partial charge in [-0.25, -0.2) is 9.97 Å². The Morgan fingerprint density at radius 3 is 2.71 bits per heavy atom. The van der Waals surface area contributed by atoms with Crippen LogP contribution in [0.3, 0.4) is 0 Å². The van der Waals surface area contributed by atoms with Gasteiger partial charge in [0.2, 0.25) is 0 Å². The highest BCUT2D eigenvalue weighted by Gasteiger charge is 2.34. The van der Waals surface area contributed by atoms with E-state index in [0.717, 1.165) is 12.3 Å². The Morgan fingerprint density at radius 2 is 2.04 bits per heavy atom. The van der Waals surface area contributed by atoms with E-state index >= 15 is 0 Å². The van der Waals surface area contributed by atoms with Crippen molar-refractivity contribution in [3.63, 3.8) is 0 Å². The molecule has 10 heteroatoms.